The molecule has 3 rings (SSSR count). The van der Waals surface area contributed by atoms with Crippen molar-refractivity contribution < 1.29 is 9.59 Å². The second-order valence-electron chi connectivity index (χ2n) is 7.14. The van der Waals surface area contributed by atoms with Gasteiger partial charge in [-0.1, -0.05) is 19.8 Å². The molecule has 3 aliphatic rings. The van der Waals surface area contributed by atoms with Crippen LogP contribution < -0.4 is 5.32 Å². The predicted octanol–water partition coefficient (Wildman–Crippen LogP) is 2.08. The summed E-state index contributed by atoms with van der Waals surface area (Å²) in [5.41, 5.74) is 0.0241. The van der Waals surface area contributed by atoms with E-state index >= 15 is 0 Å². The molecule has 1 spiro atoms. The van der Waals surface area contributed by atoms with E-state index in [2.05, 4.69) is 12.2 Å². The molecule has 2 atom stereocenters. The second kappa shape index (κ2) is 5.47. The summed E-state index contributed by atoms with van der Waals surface area (Å²) in [7, 11) is 0. The van der Waals surface area contributed by atoms with Crippen molar-refractivity contribution in [2.45, 2.75) is 64.3 Å². The molecule has 2 saturated heterocycles. The van der Waals surface area contributed by atoms with Gasteiger partial charge in [0, 0.05) is 25.4 Å². The summed E-state index contributed by atoms with van der Waals surface area (Å²) >= 11 is 0. The summed E-state index contributed by atoms with van der Waals surface area (Å²) < 4.78 is 0. The zero-order chi connectivity index (χ0) is 14.2. The molecule has 3 fully saturated rings. The number of nitrogens with zero attached hydrogens (tertiary/aromatic N) is 1. The van der Waals surface area contributed by atoms with Gasteiger partial charge in [0.05, 0.1) is 0 Å². The SMILES string of the molecule is CC1CCCNC1CN1C(=O)CC2(CCCC2)CC1=O. The van der Waals surface area contributed by atoms with Crippen molar-refractivity contribution in [1.29, 1.82) is 0 Å². The molecule has 0 aromatic rings. The van der Waals surface area contributed by atoms with Gasteiger partial charge in [-0.15, -0.1) is 0 Å². The highest BCUT2D eigenvalue weighted by Gasteiger charge is 2.45. The van der Waals surface area contributed by atoms with E-state index < -0.39 is 0 Å². The molecule has 1 saturated carbocycles. The molecule has 0 aromatic heterocycles. The Labute approximate surface area is 121 Å². The van der Waals surface area contributed by atoms with Crippen LogP contribution in [0.4, 0.5) is 0 Å². The molecule has 2 amide bonds. The van der Waals surface area contributed by atoms with E-state index in [9.17, 15) is 9.59 Å². The third-order valence-corrected chi connectivity index (χ3v) is 5.63. The van der Waals surface area contributed by atoms with Crippen LogP contribution in [-0.2, 0) is 9.59 Å². The number of hydrogen-bond acceptors (Lipinski definition) is 3. The summed E-state index contributed by atoms with van der Waals surface area (Å²) in [6.07, 6.45) is 8.08. The van der Waals surface area contributed by atoms with Crippen LogP contribution in [0.5, 0.6) is 0 Å². The number of carbonyl (C=O) groups is 2. The number of piperidine rings is 2. The molecule has 0 bridgehead atoms. The fourth-order valence-electron chi connectivity index (χ4n) is 4.27. The van der Waals surface area contributed by atoms with E-state index in [0.717, 1.165) is 19.4 Å². The zero-order valence-electron chi connectivity index (χ0n) is 12.5. The van der Waals surface area contributed by atoms with Crippen LogP contribution >= 0.6 is 0 Å². The average molecular weight is 278 g/mol. The highest BCUT2D eigenvalue weighted by Crippen LogP contribution is 2.46. The van der Waals surface area contributed by atoms with Crippen molar-refractivity contribution in [1.82, 2.24) is 10.2 Å². The maximum atomic E-state index is 12.4. The molecule has 20 heavy (non-hydrogen) atoms. The summed E-state index contributed by atoms with van der Waals surface area (Å²) in [4.78, 5) is 26.4. The number of nitrogens with one attached hydrogen (secondary N) is 1. The van der Waals surface area contributed by atoms with Crippen molar-refractivity contribution in [3.8, 4) is 0 Å². The van der Waals surface area contributed by atoms with Gasteiger partial charge in [0.15, 0.2) is 0 Å². The molecule has 0 radical (unpaired) electrons. The van der Waals surface area contributed by atoms with E-state index in [1.54, 1.807) is 4.90 Å². The third-order valence-electron chi connectivity index (χ3n) is 5.63. The highest BCUT2D eigenvalue weighted by atomic mass is 16.2. The fourth-order valence-corrected chi connectivity index (χ4v) is 4.27. The molecule has 2 unspecified atom stereocenters. The Morgan fingerprint density at radius 3 is 2.40 bits per heavy atom. The standard InChI is InChI=1S/C16H26N2O2/c1-12-5-4-8-17-13(12)11-18-14(19)9-16(10-15(18)20)6-2-3-7-16/h12-13,17H,2-11H2,1H3. The first-order chi connectivity index (χ1) is 9.60. The quantitative estimate of drug-likeness (QED) is 0.787. The van der Waals surface area contributed by atoms with Crippen molar-refractivity contribution in [3.63, 3.8) is 0 Å². The lowest BCUT2D eigenvalue weighted by Gasteiger charge is -2.40. The fraction of sp³-hybridized carbons (Fsp3) is 0.875. The maximum absolute atomic E-state index is 12.4. The first-order valence-corrected chi connectivity index (χ1v) is 8.16. The molecule has 4 nitrogen and oxygen atoms in total. The van der Waals surface area contributed by atoms with Gasteiger partial charge >= 0.3 is 0 Å². The Kier molecular flexibility index (Phi) is 3.85. The topological polar surface area (TPSA) is 49.4 Å². The Morgan fingerprint density at radius 1 is 1.15 bits per heavy atom. The average Bonchev–Trinajstić information content (AvgIpc) is 2.84. The van der Waals surface area contributed by atoms with E-state index in [-0.39, 0.29) is 23.3 Å². The first-order valence-electron chi connectivity index (χ1n) is 8.16. The largest absolute Gasteiger partial charge is 0.312 e. The Hall–Kier alpha value is -0.900. The summed E-state index contributed by atoms with van der Waals surface area (Å²) in [5.74, 6) is 0.692. The Morgan fingerprint density at radius 2 is 1.80 bits per heavy atom. The van der Waals surface area contributed by atoms with Gasteiger partial charge in [0.2, 0.25) is 11.8 Å². The van der Waals surface area contributed by atoms with Gasteiger partial charge in [0.1, 0.15) is 0 Å². The van der Waals surface area contributed by atoms with Crippen LogP contribution in [0.15, 0.2) is 0 Å². The minimum Gasteiger partial charge on any atom is -0.312 e. The number of likely N-dealkylation sites (tertiary alicyclic amines) is 1. The van der Waals surface area contributed by atoms with E-state index in [0.29, 0.717) is 25.3 Å². The molecule has 112 valence electrons. The number of carbonyl (C=O) groups excluding carboxylic acids is 2. The smallest absolute Gasteiger partial charge is 0.229 e. The van der Waals surface area contributed by atoms with Crippen LogP contribution in [-0.4, -0.2) is 35.8 Å². The van der Waals surface area contributed by atoms with Crippen LogP contribution in [0.25, 0.3) is 0 Å². The molecule has 0 aromatic carbocycles. The van der Waals surface area contributed by atoms with Crippen molar-refractivity contribution in [3.05, 3.63) is 0 Å². The maximum Gasteiger partial charge on any atom is 0.229 e. The van der Waals surface area contributed by atoms with Gasteiger partial charge in [-0.25, -0.2) is 0 Å². The number of amides is 2. The minimum atomic E-state index is 0.0241. The molecular weight excluding hydrogens is 252 g/mol. The van der Waals surface area contributed by atoms with E-state index in [1.807, 2.05) is 0 Å². The van der Waals surface area contributed by atoms with Gasteiger partial charge in [-0.3, -0.25) is 14.5 Å². The monoisotopic (exact) mass is 278 g/mol. The third kappa shape index (κ3) is 2.62. The molecule has 4 heteroatoms. The number of rotatable bonds is 2. The minimum absolute atomic E-state index is 0.0241. The lowest BCUT2D eigenvalue weighted by Crippen LogP contribution is -2.54. The molecule has 1 aliphatic carbocycles. The predicted molar refractivity (Wildman–Crippen MR) is 77.0 cm³/mol. The molecular formula is C16H26N2O2. The van der Waals surface area contributed by atoms with E-state index in [4.69, 9.17) is 0 Å². The molecule has 2 heterocycles. The Balaban J connectivity index is 1.65. The van der Waals surface area contributed by atoms with Crippen LogP contribution in [0.1, 0.15) is 58.3 Å². The van der Waals surface area contributed by atoms with Gasteiger partial charge < -0.3 is 5.32 Å². The van der Waals surface area contributed by atoms with Crippen LogP contribution in [0.3, 0.4) is 0 Å². The van der Waals surface area contributed by atoms with Gasteiger partial charge in [0.25, 0.3) is 0 Å². The van der Waals surface area contributed by atoms with Crippen molar-refractivity contribution >= 4 is 11.8 Å². The van der Waals surface area contributed by atoms with Gasteiger partial charge in [-0.2, -0.15) is 0 Å². The van der Waals surface area contributed by atoms with Crippen molar-refractivity contribution in [2.24, 2.45) is 11.3 Å². The molecule has 1 N–H and O–H groups in total. The summed E-state index contributed by atoms with van der Waals surface area (Å²) in [6.45, 7) is 3.80. The highest BCUT2D eigenvalue weighted by molar-refractivity contribution is 5.98. The molecule has 2 aliphatic heterocycles. The first kappa shape index (κ1) is 14.1. The summed E-state index contributed by atoms with van der Waals surface area (Å²) in [5, 5.41) is 3.47. The normalized spacial score (nSPS) is 34.0. The summed E-state index contributed by atoms with van der Waals surface area (Å²) in [6, 6.07) is 0.286. The van der Waals surface area contributed by atoms with Gasteiger partial charge in [-0.05, 0) is 43.6 Å². The number of hydrogen-bond donors (Lipinski definition) is 1. The van der Waals surface area contributed by atoms with Crippen molar-refractivity contribution in [2.75, 3.05) is 13.1 Å². The van der Waals surface area contributed by atoms with Crippen LogP contribution in [0.2, 0.25) is 0 Å². The second-order valence-corrected chi connectivity index (χ2v) is 7.14. The lowest BCUT2D eigenvalue weighted by molar-refractivity contribution is -0.154. The Bertz CT molecular complexity index is 381. The lowest BCUT2D eigenvalue weighted by atomic mass is 9.76. The van der Waals surface area contributed by atoms with E-state index in [1.165, 1.54) is 25.7 Å². The zero-order valence-corrected chi connectivity index (χ0v) is 12.5. The number of imide groups is 1. The van der Waals surface area contributed by atoms with Crippen LogP contribution in [0, 0.1) is 11.3 Å².